The minimum Gasteiger partial charge on any atom is -0.392 e. The number of hydrogen-bond donors (Lipinski definition) is 0. The molecular weight excluding hydrogens is 165 g/mol. The van der Waals surface area contributed by atoms with E-state index in [9.17, 15) is 22.8 Å². The van der Waals surface area contributed by atoms with Gasteiger partial charge in [-0.15, -0.1) is 0 Å². The summed E-state index contributed by atoms with van der Waals surface area (Å²) in [6.07, 6.45) is -4.85. The van der Waals surface area contributed by atoms with Crippen LogP contribution in [0.2, 0.25) is 0 Å². The molecule has 0 bridgehead atoms. The van der Waals surface area contributed by atoms with Crippen molar-refractivity contribution in [2.24, 2.45) is 0 Å². The topological polar surface area (TPSA) is 43.4 Å². The third-order valence-corrected chi connectivity index (χ3v) is 0.744. The van der Waals surface area contributed by atoms with E-state index in [2.05, 4.69) is 11.3 Å². The summed E-state index contributed by atoms with van der Waals surface area (Å²) in [7, 11) is 0. The molecule has 0 atom stereocenters. The molecule has 0 aromatic rings. The number of rotatable bonds is 2. The number of alkyl halides is 3. The van der Waals surface area contributed by atoms with Gasteiger partial charge in [0.15, 0.2) is 0 Å². The quantitative estimate of drug-likeness (QED) is 0.265. The minimum absolute atomic E-state index is 0.390. The molecule has 0 heterocycles. The van der Waals surface area contributed by atoms with Gasteiger partial charge in [-0.1, -0.05) is 6.58 Å². The molecular formula is C5H3F3O3. The molecule has 0 saturated heterocycles. The largest absolute Gasteiger partial charge is 0.422 e. The van der Waals surface area contributed by atoms with Gasteiger partial charge in [0.25, 0.3) is 0 Å². The van der Waals surface area contributed by atoms with Crippen molar-refractivity contribution in [2.75, 3.05) is 0 Å². The molecule has 0 aliphatic carbocycles. The lowest BCUT2D eigenvalue weighted by atomic mass is 10.3. The van der Waals surface area contributed by atoms with Gasteiger partial charge in [-0.3, -0.25) is 4.79 Å². The van der Waals surface area contributed by atoms with Crippen LogP contribution in [0.3, 0.4) is 0 Å². The summed E-state index contributed by atoms with van der Waals surface area (Å²) in [5.41, 5.74) is -1.70. The van der Waals surface area contributed by atoms with Crippen LogP contribution >= 0.6 is 0 Å². The van der Waals surface area contributed by atoms with Gasteiger partial charge in [0.2, 0.25) is 0 Å². The van der Waals surface area contributed by atoms with E-state index in [1.165, 1.54) is 0 Å². The van der Waals surface area contributed by atoms with Gasteiger partial charge in [0.05, 0.1) is 0 Å². The lowest BCUT2D eigenvalue weighted by Crippen LogP contribution is -2.20. The first-order valence-electron chi connectivity index (χ1n) is 2.30. The number of ether oxygens (including phenoxy) is 1. The minimum atomic E-state index is -4.85. The van der Waals surface area contributed by atoms with Crippen molar-refractivity contribution < 1.29 is 27.5 Å². The van der Waals surface area contributed by atoms with E-state index < -0.39 is 17.7 Å². The van der Waals surface area contributed by atoms with Gasteiger partial charge < -0.3 is 4.74 Å². The second kappa shape index (κ2) is 3.18. The van der Waals surface area contributed by atoms with E-state index in [0.29, 0.717) is 0 Å². The average molecular weight is 168 g/mol. The van der Waals surface area contributed by atoms with Crippen LogP contribution in [0, 0.1) is 0 Å². The van der Waals surface area contributed by atoms with Crippen LogP contribution in [0.15, 0.2) is 12.2 Å². The van der Waals surface area contributed by atoms with Crippen LogP contribution in [0.25, 0.3) is 0 Å². The fraction of sp³-hybridized carbons (Fsp3) is 0.200. The zero-order chi connectivity index (χ0) is 9.07. The highest BCUT2D eigenvalue weighted by Crippen LogP contribution is 2.24. The number of hydrogen-bond acceptors (Lipinski definition) is 3. The van der Waals surface area contributed by atoms with Gasteiger partial charge in [-0.2, -0.15) is 13.2 Å². The van der Waals surface area contributed by atoms with Crippen molar-refractivity contribution in [2.45, 2.75) is 6.18 Å². The summed E-state index contributed by atoms with van der Waals surface area (Å²) >= 11 is 0. The highest BCUT2D eigenvalue weighted by molar-refractivity contribution is 5.92. The van der Waals surface area contributed by atoms with Gasteiger partial charge in [0.1, 0.15) is 5.57 Å². The Morgan fingerprint density at radius 3 is 2.18 bits per heavy atom. The maximum Gasteiger partial charge on any atom is 0.422 e. The Balaban J connectivity index is 4.26. The summed E-state index contributed by atoms with van der Waals surface area (Å²) in [6, 6.07) is 0. The van der Waals surface area contributed by atoms with Crippen LogP contribution in [-0.4, -0.2) is 18.6 Å². The smallest absolute Gasteiger partial charge is 0.392 e. The lowest BCUT2D eigenvalue weighted by Gasteiger charge is -2.05. The van der Waals surface area contributed by atoms with E-state index in [4.69, 9.17) is 0 Å². The van der Waals surface area contributed by atoms with E-state index in [-0.39, 0.29) is 6.47 Å². The number of halogens is 3. The predicted molar refractivity (Wildman–Crippen MR) is 27.4 cm³/mol. The van der Waals surface area contributed by atoms with E-state index in [1.807, 2.05) is 0 Å². The molecule has 0 aromatic heterocycles. The Labute approximate surface area is 59.4 Å². The monoisotopic (exact) mass is 168 g/mol. The van der Waals surface area contributed by atoms with Crippen molar-refractivity contribution in [3.8, 4) is 0 Å². The Hall–Kier alpha value is -1.33. The average Bonchev–Trinajstić information content (AvgIpc) is 1.85. The summed E-state index contributed by atoms with van der Waals surface area (Å²) in [4.78, 5) is 19.5. The molecule has 0 aromatic carbocycles. The molecule has 0 aliphatic heterocycles. The van der Waals surface area contributed by atoms with Crippen molar-refractivity contribution in [3.63, 3.8) is 0 Å². The molecule has 0 amide bonds. The Kier molecular flexibility index (Phi) is 2.79. The molecule has 3 nitrogen and oxygen atoms in total. The maximum absolute atomic E-state index is 11.5. The van der Waals surface area contributed by atoms with Gasteiger partial charge in [-0.25, -0.2) is 4.79 Å². The predicted octanol–water partition coefficient (Wildman–Crippen LogP) is 0.804. The van der Waals surface area contributed by atoms with Crippen molar-refractivity contribution >= 4 is 12.4 Å². The highest BCUT2D eigenvalue weighted by Gasteiger charge is 2.37. The summed E-state index contributed by atoms with van der Waals surface area (Å²) in [5, 5.41) is 0. The summed E-state index contributed by atoms with van der Waals surface area (Å²) < 4.78 is 37.9. The first kappa shape index (κ1) is 9.67. The molecule has 0 aliphatic rings. The molecule has 0 rings (SSSR count). The number of carbonyl (C=O) groups is 2. The molecule has 62 valence electrons. The first-order valence-corrected chi connectivity index (χ1v) is 2.30. The van der Waals surface area contributed by atoms with Crippen LogP contribution in [0.4, 0.5) is 13.2 Å². The fourth-order valence-corrected chi connectivity index (χ4v) is 0.231. The van der Waals surface area contributed by atoms with Crippen molar-refractivity contribution in [1.82, 2.24) is 0 Å². The molecule has 0 radical (unpaired) electrons. The van der Waals surface area contributed by atoms with Crippen molar-refractivity contribution in [3.05, 3.63) is 12.2 Å². The number of carbonyl (C=O) groups excluding carboxylic acids is 2. The molecule has 6 heteroatoms. The summed E-state index contributed by atoms with van der Waals surface area (Å²) in [5.74, 6) is -1.78. The third kappa shape index (κ3) is 2.83. The van der Waals surface area contributed by atoms with Crippen LogP contribution in [-0.2, 0) is 14.3 Å². The van der Waals surface area contributed by atoms with Gasteiger partial charge >= 0.3 is 18.6 Å². The maximum atomic E-state index is 11.5. The molecule has 0 unspecified atom stereocenters. The molecule has 0 fully saturated rings. The van der Waals surface area contributed by atoms with E-state index in [1.54, 1.807) is 0 Å². The highest BCUT2D eigenvalue weighted by atomic mass is 19.4. The second-order valence-corrected chi connectivity index (χ2v) is 1.48. The third-order valence-electron chi connectivity index (χ3n) is 0.744. The number of esters is 1. The fourth-order valence-electron chi connectivity index (χ4n) is 0.231. The molecule has 0 saturated carbocycles. The standard InChI is InChI=1S/C5H3F3O3/c1-3(5(6,7)8)4(10)11-2-9/h2H,1H2. The van der Waals surface area contributed by atoms with Gasteiger partial charge in [-0.05, 0) is 0 Å². The normalized spacial score (nSPS) is 10.5. The second-order valence-electron chi connectivity index (χ2n) is 1.48. The summed E-state index contributed by atoms with van der Waals surface area (Å²) in [6.45, 7) is 2.00. The molecule has 11 heavy (non-hydrogen) atoms. The zero-order valence-corrected chi connectivity index (χ0v) is 5.14. The Morgan fingerprint density at radius 1 is 1.45 bits per heavy atom. The van der Waals surface area contributed by atoms with Crippen LogP contribution in [0.5, 0.6) is 0 Å². The Morgan fingerprint density at radius 2 is 1.91 bits per heavy atom. The zero-order valence-electron chi connectivity index (χ0n) is 5.14. The lowest BCUT2D eigenvalue weighted by molar-refractivity contribution is -0.155. The van der Waals surface area contributed by atoms with E-state index >= 15 is 0 Å². The van der Waals surface area contributed by atoms with E-state index in [0.717, 1.165) is 0 Å². The van der Waals surface area contributed by atoms with Crippen LogP contribution in [0.1, 0.15) is 0 Å². The molecule has 0 N–H and O–H groups in total. The molecule has 0 spiro atoms. The first-order chi connectivity index (χ1) is 4.89. The Bertz CT molecular complexity index is 194. The SMILES string of the molecule is C=C(C(=O)OC=O)C(F)(F)F. The van der Waals surface area contributed by atoms with Crippen LogP contribution < -0.4 is 0 Å². The van der Waals surface area contributed by atoms with Gasteiger partial charge in [0, 0.05) is 0 Å². The van der Waals surface area contributed by atoms with Crippen molar-refractivity contribution in [1.29, 1.82) is 0 Å².